The highest BCUT2D eigenvalue weighted by molar-refractivity contribution is 6.04. The van der Waals surface area contributed by atoms with Gasteiger partial charge in [0.25, 0.3) is 0 Å². The van der Waals surface area contributed by atoms with Gasteiger partial charge in [-0.2, -0.15) is 0 Å². The highest BCUT2D eigenvalue weighted by Crippen LogP contribution is 2.34. The first-order chi connectivity index (χ1) is 8.75. The van der Waals surface area contributed by atoms with E-state index in [1.54, 1.807) is 0 Å². The fraction of sp³-hybridized carbons (Fsp3) is 0.533. The van der Waals surface area contributed by atoms with Crippen LogP contribution in [0, 0.1) is 0 Å². The van der Waals surface area contributed by atoms with E-state index in [0.717, 1.165) is 24.2 Å². The number of carbonyl (C=O) groups is 1. The Morgan fingerprint density at radius 2 is 1.89 bits per heavy atom. The molecule has 1 atom stereocenters. The number of rotatable bonds is 6. The lowest BCUT2D eigenvalue weighted by molar-refractivity contribution is -0.119. The van der Waals surface area contributed by atoms with Gasteiger partial charge in [0.05, 0.1) is 0 Å². The minimum absolute atomic E-state index is 0.0479. The monoisotopic (exact) mass is 246 g/mol. The molecule has 1 aliphatic rings. The molecular weight excluding hydrogens is 224 g/mol. The van der Waals surface area contributed by atoms with Gasteiger partial charge >= 0.3 is 0 Å². The third-order valence-corrected chi connectivity index (χ3v) is 3.58. The Labute approximate surface area is 109 Å². The molecule has 1 amide bonds. The first-order valence-electron chi connectivity index (χ1n) is 6.91. The average molecular weight is 246 g/mol. The van der Waals surface area contributed by atoms with E-state index in [-0.39, 0.29) is 5.91 Å². The molecule has 0 radical (unpaired) electrons. The van der Waals surface area contributed by atoms with Gasteiger partial charge in [0.15, 0.2) is 0 Å². The van der Waals surface area contributed by atoms with Crippen molar-refractivity contribution in [3.8, 4) is 0 Å². The molecule has 0 saturated heterocycles. The van der Waals surface area contributed by atoms with E-state index < -0.39 is 6.04 Å². The van der Waals surface area contributed by atoms with Crippen LogP contribution in [0.4, 0.5) is 5.69 Å². The number of unbranched alkanes of at least 4 members (excludes halogenated alkanes) is 4. The highest BCUT2D eigenvalue weighted by Gasteiger charge is 2.33. The predicted octanol–water partition coefficient (Wildman–Crippen LogP) is 3.00. The zero-order valence-electron chi connectivity index (χ0n) is 11.1. The lowest BCUT2D eigenvalue weighted by atomic mass is 10.1. The molecule has 1 aromatic rings. The molecule has 0 bridgehead atoms. The van der Waals surface area contributed by atoms with Crippen LogP contribution in [-0.4, -0.2) is 12.5 Å². The third-order valence-electron chi connectivity index (χ3n) is 3.58. The molecule has 0 saturated carbocycles. The summed E-state index contributed by atoms with van der Waals surface area (Å²) in [4.78, 5) is 13.9. The number of hydrogen-bond donors (Lipinski definition) is 1. The Balaban J connectivity index is 1.95. The maximum atomic E-state index is 12.1. The summed E-state index contributed by atoms with van der Waals surface area (Å²) in [7, 11) is 0. The van der Waals surface area contributed by atoms with Crippen molar-refractivity contribution in [1.82, 2.24) is 0 Å². The van der Waals surface area contributed by atoms with Crippen molar-refractivity contribution in [3.63, 3.8) is 0 Å². The zero-order valence-corrected chi connectivity index (χ0v) is 11.1. The standard InChI is InChI=1S/C15H22N2O/c1-2-3-4-5-8-11-17-13-10-7-6-9-12(13)14(16)15(17)18/h6-7,9-10,14H,2-5,8,11,16H2,1H3. The minimum Gasteiger partial charge on any atom is -0.316 e. The van der Waals surface area contributed by atoms with E-state index in [4.69, 9.17) is 5.73 Å². The summed E-state index contributed by atoms with van der Waals surface area (Å²) in [5.41, 5.74) is 7.91. The van der Waals surface area contributed by atoms with Crippen molar-refractivity contribution in [2.45, 2.75) is 45.1 Å². The summed E-state index contributed by atoms with van der Waals surface area (Å²) in [5, 5.41) is 0. The maximum Gasteiger partial charge on any atom is 0.248 e. The maximum absolute atomic E-state index is 12.1. The second kappa shape index (κ2) is 6.01. The molecular formula is C15H22N2O. The fourth-order valence-electron chi connectivity index (χ4n) is 2.52. The smallest absolute Gasteiger partial charge is 0.248 e. The van der Waals surface area contributed by atoms with Crippen LogP contribution >= 0.6 is 0 Å². The third kappa shape index (κ3) is 2.56. The topological polar surface area (TPSA) is 46.3 Å². The molecule has 98 valence electrons. The Morgan fingerprint density at radius 1 is 1.17 bits per heavy atom. The van der Waals surface area contributed by atoms with Crippen LogP contribution in [0.5, 0.6) is 0 Å². The summed E-state index contributed by atoms with van der Waals surface area (Å²) in [6, 6.07) is 7.39. The molecule has 2 rings (SSSR count). The van der Waals surface area contributed by atoms with E-state index >= 15 is 0 Å². The molecule has 0 fully saturated rings. The Hall–Kier alpha value is -1.35. The van der Waals surface area contributed by atoms with Gasteiger partial charge in [-0.1, -0.05) is 50.8 Å². The van der Waals surface area contributed by atoms with Crippen LogP contribution < -0.4 is 10.6 Å². The summed E-state index contributed by atoms with van der Waals surface area (Å²) >= 11 is 0. The van der Waals surface area contributed by atoms with Crippen molar-refractivity contribution in [3.05, 3.63) is 29.8 Å². The second-order valence-corrected chi connectivity index (χ2v) is 4.94. The van der Waals surface area contributed by atoms with Crippen LogP contribution in [-0.2, 0) is 4.79 Å². The van der Waals surface area contributed by atoms with Crippen molar-refractivity contribution in [2.24, 2.45) is 5.73 Å². The molecule has 1 heterocycles. The van der Waals surface area contributed by atoms with Crippen LogP contribution in [0.3, 0.4) is 0 Å². The van der Waals surface area contributed by atoms with Gasteiger partial charge in [-0.25, -0.2) is 0 Å². The molecule has 3 heteroatoms. The molecule has 3 nitrogen and oxygen atoms in total. The van der Waals surface area contributed by atoms with Gasteiger partial charge in [0, 0.05) is 17.8 Å². The second-order valence-electron chi connectivity index (χ2n) is 4.94. The number of amides is 1. The highest BCUT2D eigenvalue weighted by atomic mass is 16.2. The zero-order chi connectivity index (χ0) is 13.0. The quantitative estimate of drug-likeness (QED) is 0.784. The van der Waals surface area contributed by atoms with Gasteiger partial charge in [-0.15, -0.1) is 0 Å². The normalized spacial score (nSPS) is 18.2. The van der Waals surface area contributed by atoms with E-state index in [9.17, 15) is 4.79 Å². The van der Waals surface area contributed by atoms with Gasteiger partial charge in [0.2, 0.25) is 5.91 Å². The number of para-hydroxylation sites is 1. The molecule has 0 spiro atoms. The van der Waals surface area contributed by atoms with Crippen molar-refractivity contribution < 1.29 is 4.79 Å². The average Bonchev–Trinajstić information content (AvgIpc) is 2.64. The molecule has 0 aromatic heterocycles. The Bertz CT molecular complexity index is 417. The molecule has 1 aromatic carbocycles. The van der Waals surface area contributed by atoms with Crippen LogP contribution in [0.25, 0.3) is 0 Å². The van der Waals surface area contributed by atoms with E-state index in [1.165, 1.54) is 25.7 Å². The van der Waals surface area contributed by atoms with Gasteiger partial charge in [-0.3, -0.25) is 4.79 Å². The van der Waals surface area contributed by atoms with Crippen molar-refractivity contribution >= 4 is 11.6 Å². The Kier molecular flexibility index (Phi) is 4.37. The van der Waals surface area contributed by atoms with Crippen LogP contribution in [0.1, 0.15) is 50.6 Å². The van der Waals surface area contributed by atoms with Crippen molar-refractivity contribution in [2.75, 3.05) is 11.4 Å². The summed E-state index contributed by atoms with van der Waals surface area (Å²) in [5.74, 6) is 0.0479. The minimum atomic E-state index is -0.461. The summed E-state index contributed by atoms with van der Waals surface area (Å²) in [6.45, 7) is 3.01. The number of benzene rings is 1. The lowest BCUT2D eigenvalue weighted by Crippen LogP contribution is -2.32. The van der Waals surface area contributed by atoms with Gasteiger partial charge in [0.1, 0.15) is 6.04 Å². The molecule has 18 heavy (non-hydrogen) atoms. The first kappa shape index (κ1) is 13.1. The number of nitrogens with zero attached hydrogens (tertiary/aromatic N) is 1. The molecule has 1 aliphatic heterocycles. The van der Waals surface area contributed by atoms with E-state index in [1.807, 2.05) is 29.2 Å². The number of anilines is 1. The summed E-state index contributed by atoms with van der Waals surface area (Å²) < 4.78 is 0. The number of fused-ring (bicyclic) bond motifs is 1. The lowest BCUT2D eigenvalue weighted by Gasteiger charge is -2.17. The van der Waals surface area contributed by atoms with Gasteiger partial charge < -0.3 is 10.6 Å². The number of carbonyl (C=O) groups excluding carboxylic acids is 1. The fourth-order valence-corrected chi connectivity index (χ4v) is 2.52. The van der Waals surface area contributed by atoms with Crippen LogP contribution in [0.2, 0.25) is 0 Å². The number of hydrogen-bond acceptors (Lipinski definition) is 2. The van der Waals surface area contributed by atoms with E-state index in [2.05, 4.69) is 6.92 Å². The Morgan fingerprint density at radius 3 is 2.67 bits per heavy atom. The SMILES string of the molecule is CCCCCCCN1C(=O)C(N)c2ccccc21. The van der Waals surface area contributed by atoms with Crippen molar-refractivity contribution in [1.29, 1.82) is 0 Å². The summed E-state index contributed by atoms with van der Waals surface area (Å²) in [6.07, 6.45) is 6.04. The number of nitrogens with two attached hydrogens (primary N) is 1. The predicted molar refractivity (Wildman–Crippen MR) is 74.5 cm³/mol. The molecule has 0 aliphatic carbocycles. The molecule has 1 unspecified atom stereocenters. The van der Waals surface area contributed by atoms with Crippen LogP contribution in [0.15, 0.2) is 24.3 Å². The van der Waals surface area contributed by atoms with Gasteiger partial charge in [-0.05, 0) is 12.5 Å². The largest absolute Gasteiger partial charge is 0.316 e. The first-order valence-corrected chi connectivity index (χ1v) is 6.91. The molecule has 2 N–H and O–H groups in total. The van der Waals surface area contributed by atoms with E-state index in [0.29, 0.717) is 0 Å².